The average Bonchev–Trinajstić information content (AvgIpc) is 3.19. The van der Waals surface area contributed by atoms with Crippen LogP contribution in [0.5, 0.6) is 0 Å². The van der Waals surface area contributed by atoms with Crippen molar-refractivity contribution >= 4 is 33.7 Å². The van der Waals surface area contributed by atoms with E-state index in [0.717, 1.165) is 0 Å². The van der Waals surface area contributed by atoms with Gasteiger partial charge in [-0.3, -0.25) is 9.59 Å². The maximum absolute atomic E-state index is 12.9. The lowest BCUT2D eigenvalue weighted by atomic mass is 10.0. The van der Waals surface area contributed by atoms with Gasteiger partial charge in [0.2, 0.25) is 15.8 Å². The molecule has 1 amide bonds. The SMILES string of the molecule is CCN(CC)S(=O)(=O)c1cccc(C(=O)NC(C(=O)OCC(=O)c2[nH]c(C)c(C(=O)OC)c2C)C(C)C)c1. The summed E-state index contributed by atoms with van der Waals surface area (Å²) >= 11 is 0. The first-order valence-corrected chi connectivity index (χ1v) is 13.6. The van der Waals surface area contributed by atoms with Crippen molar-refractivity contribution in [3.63, 3.8) is 0 Å². The minimum atomic E-state index is -3.78. The molecule has 0 radical (unpaired) electrons. The van der Waals surface area contributed by atoms with Crippen LogP contribution in [-0.4, -0.2) is 74.2 Å². The van der Waals surface area contributed by atoms with Crippen molar-refractivity contribution in [3.05, 3.63) is 52.3 Å². The van der Waals surface area contributed by atoms with E-state index in [4.69, 9.17) is 9.47 Å². The number of nitrogens with one attached hydrogen (secondary N) is 2. The number of hydrogen-bond donors (Lipinski definition) is 2. The van der Waals surface area contributed by atoms with E-state index in [1.54, 1.807) is 41.5 Å². The van der Waals surface area contributed by atoms with Crippen molar-refractivity contribution in [2.75, 3.05) is 26.8 Å². The average molecular weight is 550 g/mol. The first kappa shape index (κ1) is 30.7. The molecule has 2 rings (SSSR count). The van der Waals surface area contributed by atoms with Crippen molar-refractivity contribution in [3.8, 4) is 0 Å². The molecule has 0 aliphatic carbocycles. The molecule has 1 aromatic heterocycles. The summed E-state index contributed by atoms with van der Waals surface area (Å²) in [6, 6.07) is 4.45. The predicted molar refractivity (Wildman–Crippen MR) is 140 cm³/mol. The van der Waals surface area contributed by atoms with E-state index < -0.39 is 52.2 Å². The second-order valence-electron chi connectivity index (χ2n) is 8.96. The van der Waals surface area contributed by atoms with Crippen LogP contribution in [0.3, 0.4) is 0 Å². The minimum absolute atomic E-state index is 0.0361. The number of aromatic amines is 1. The Kier molecular flexibility index (Phi) is 10.4. The number of carbonyl (C=O) groups is 4. The normalized spacial score (nSPS) is 12.3. The number of amides is 1. The smallest absolute Gasteiger partial charge is 0.339 e. The van der Waals surface area contributed by atoms with Gasteiger partial charge in [0, 0.05) is 24.3 Å². The number of Topliss-reactive ketones (excluding diaryl/α,β-unsaturated/α-hetero) is 1. The largest absolute Gasteiger partial charge is 0.465 e. The Labute approximate surface area is 222 Å². The number of carbonyl (C=O) groups excluding carboxylic acids is 4. The Hall–Kier alpha value is -3.51. The number of rotatable bonds is 12. The van der Waals surface area contributed by atoms with Crippen LogP contribution in [0, 0.1) is 19.8 Å². The number of H-pyrrole nitrogens is 1. The lowest BCUT2D eigenvalue weighted by Gasteiger charge is -2.21. The third-order valence-corrected chi connectivity index (χ3v) is 8.14. The first-order chi connectivity index (χ1) is 17.8. The predicted octanol–water partition coefficient (Wildman–Crippen LogP) is 2.63. The maximum atomic E-state index is 12.9. The van der Waals surface area contributed by atoms with E-state index in [1.807, 2.05) is 0 Å². The van der Waals surface area contributed by atoms with Gasteiger partial charge in [-0.25, -0.2) is 18.0 Å². The van der Waals surface area contributed by atoms with Gasteiger partial charge in [0.15, 0.2) is 6.61 Å². The van der Waals surface area contributed by atoms with Crippen molar-refractivity contribution in [1.29, 1.82) is 0 Å². The summed E-state index contributed by atoms with van der Waals surface area (Å²) in [5.41, 5.74) is 1.23. The molecule has 0 bridgehead atoms. The van der Waals surface area contributed by atoms with Crippen molar-refractivity contribution < 1.29 is 37.1 Å². The molecule has 0 saturated carbocycles. The summed E-state index contributed by atoms with van der Waals surface area (Å²) in [4.78, 5) is 53.2. The lowest BCUT2D eigenvalue weighted by Crippen LogP contribution is -2.45. The molecule has 11 nitrogen and oxygen atoms in total. The maximum Gasteiger partial charge on any atom is 0.339 e. The molecule has 38 heavy (non-hydrogen) atoms. The van der Waals surface area contributed by atoms with E-state index in [2.05, 4.69) is 10.3 Å². The topological polar surface area (TPSA) is 152 Å². The summed E-state index contributed by atoms with van der Waals surface area (Å²) in [5.74, 6) is -3.05. The number of sulfonamides is 1. The second-order valence-corrected chi connectivity index (χ2v) is 10.9. The highest BCUT2D eigenvalue weighted by atomic mass is 32.2. The minimum Gasteiger partial charge on any atom is -0.465 e. The number of methoxy groups -OCH3 is 1. The summed E-state index contributed by atoms with van der Waals surface area (Å²) in [7, 11) is -2.55. The third-order valence-electron chi connectivity index (χ3n) is 6.10. The molecule has 1 atom stereocenters. The van der Waals surface area contributed by atoms with E-state index in [1.165, 1.54) is 35.7 Å². The second kappa shape index (κ2) is 12.8. The van der Waals surface area contributed by atoms with Crippen molar-refractivity contribution in [2.45, 2.75) is 52.5 Å². The Morgan fingerprint density at radius 2 is 1.71 bits per heavy atom. The van der Waals surface area contributed by atoms with Gasteiger partial charge in [-0.1, -0.05) is 33.8 Å². The van der Waals surface area contributed by atoms with Crippen LogP contribution in [0.25, 0.3) is 0 Å². The Bertz CT molecular complexity index is 1310. The molecule has 1 heterocycles. The highest BCUT2D eigenvalue weighted by Crippen LogP contribution is 2.20. The summed E-state index contributed by atoms with van der Waals surface area (Å²) in [6.45, 7) is 9.96. The number of aromatic nitrogens is 1. The summed E-state index contributed by atoms with van der Waals surface area (Å²) in [6.07, 6.45) is 0. The van der Waals surface area contributed by atoms with Crippen molar-refractivity contribution in [2.24, 2.45) is 5.92 Å². The van der Waals surface area contributed by atoms with Gasteiger partial charge in [-0.05, 0) is 43.5 Å². The number of ketones is 1. The van der Waals surface area contributed by atoms with E-state index in [-0.39, 0.29) is 34.8 Å². The van der Waals surface area contributed by atoms with Gasteiger partial charge in [0.25, 0.3) is 5.91 Å². The number of ether oxygens (including phenoxy) is 2. The number of hydrogen-bond acceptors (Lipinski definition) is 8. The van der Waals surface area contributed by atoms with Crippen LogP contribution < -0.4 is 5.32 Å². The highest BCUT2D eigenvalue weighted by molar-refractivity contribution is 7.89. The number of aryl methyl sites for hydroxylation is 1. The molecular formula is C26H35N3O8S. The van der Waals surface area contributed by atoms with E-state index in [0.29, 0.717) is 11.3 Å². The standard InChI is InChI=1S/C26H35N3O8S/c1-8-29(9-2)38(34,35)19-12-10-11-18(13-19)24(31)28-22(15(3)4)26(33)37-14-20(30)23-16(5)21(17(6)27-23)25(32)36-7/h10-13,15,22,27H,8-9,14H2,1-7H3,(H,28,31). The zero-order valence-electron chi connectivity index (χ0n) is 22.7. The fourth-order valence-electron chi connectivity index (χ4n) is 3.97. The molecule has 0 saturated heterocycles. The van der Waals surface area contributed by atoms with E-state index in [9.17, 15) is 27.6 Å². The molecule has 0 spiro atoms. The van der Waals surface area contributed by atoms with Gasteiger partial charge < -0.3 is 19.8 Å². The van der Waals surface area contributed by atoms with Crippen LogP contribution in [0.4, 0.5) is 0 Å². The summed E-state index contributed by atoms with van der Waals surface area (Å²) < 4.78 is 36.9. The van der Waals surface area contributed by atoms with Crippen LogP contribution >= 0.6 is 0 Å². The number of benzene rings is 1. The van der Waals surface area contributed by atoms with Crippen LogP contribution in [0.15, 0.2) is 29.2 Å². The highest BCUT2D eigenvalue weighted by Gasteiger charge is 2.29. The van der Waals surface area contributed by atoms with Crippen LogP contribution in [0.2, 0.25) is 0 Å². The molecule has 12 heteroatoms. The van der Waals surface area contributed by atoms with Gasteiger partial charge in [-0.15, -0.1) is 0 Å². The van der Waals surface area contributed by atoms with Gasteiger partial charge >= 0.3 is 11.9 Å². The molecule has 2 aromatic rings. The molecular weight excluding hydrogens is 514 g/mol. The third kappa shape index (κ3) is 6.67. The zero-order valence-corrected chi connectivity index (χ0v) is 23.5. The number of nitrogens with zero attached hydrogens (tertiary/aromatic N) is 1. The number of esters is 2. The van der Waals surface area contributed by atoms with Crippen LogP contribution in [-0.2, 0) is 24.3 Å². The molecule has 2 N–H and O–H groups in total. The Morgan fingerprint density at radius 1 is 1.08 bits per heavy atom. The molecule has 0 fully saturated rings. The zero-order chi connectivity index (χ0) is 28.8. The fourth-order valence-corrected chi connectivity index (χ4v) is 5.47. The van der Waals surface area contributed by atoms with Gasteiger partial charge in [0.1, 0.15) is 6.04 Å². The first-order valence-electron chi connectivity index (χ1n) is 12.2. The summed E-state index contributed by atoms with van der Waals surface area (Å²) in [5, 5.41) is 2.58. The Morgan fingerprint density at radius 3 is 2.26 bits per heavy atom. The molecule has 0 aliphatic rings. The molecule has 208 valence electrons. The van der Waals surface area contributed by atoms with Crippen LogP contribution in [0.1, 0.15) is 70.2 Å². The fraction of sp³-hybridized carbons (Fsp3) is 0.462. The van der Waals surface area contributed by atoms with Gasteiger partial charge in [-0.2, -0.15) is 4.31 Å². The monoisotopic (exact) mass is 549 g/mol. The van der Waals surface area contributed by atoms with Crippen molar-refractivity contribution in [1.82, 2.24) is 14.6 Å². The van der Waals surface area contributed by atoms with E-state index >= 15 is 0 Å². The molecule has 1 unspecified atom stereocenters. The Balaban J connectivity index is 2.16. The van der Waals surface area contributed by atoms with Gasteiger partial charge in [0.05, 0.1) is 23.3 Å². The quantitative estimate of drug-likeness (QED) is 0.303. The molecule has 1 aromatic carbocycles. The lowest BCUT2D eigenvalue weighted by molar-refractivity contribution is -0.145. The molecule has 0 aliphatic heterocycles.